The van der Waals surface area contributed by atoms with Gasteiger partial charge in [0.15, 0.2) is 0 Å². The predicted molar refractivity (Wildman–Crippen MR) is 116 cm³/mol. The van der Waals surface area contributed by atoms with E-state index in [0.717, 1.165) is 16.8 Å². The summed E-state index contributed by atoms with van der Waals surface area (Å²) in [7, 11) is 0. The Bertz CT molecular complexity index is 1030. The van der Waals surface area contributed by atoms with Crippen LogP contribution in [-0.4, -0.2) is 42.0 Å². The largest absolute Gasteiger partial charge is 0.359 e. The topological polar surface area (TPSA) is 84.0 Å². The zero-order chi connectivity index (χ0) is 21.8. The van der Waals surface area contributed by atoms with Gasteiger partial charge in [-0.2, -0.15) is 10.5 Å². The Hall–Kier alpha value is -3.38. The second-order valence-corrected chi connectivity index (χ2v) is 8.27. The highest BCUT2D eigenvalue weighted by Gasteiger charge is 2.27. The number of pyridine rings is 1. The summed E-state index contributed by atoms with van der Waals surface area (Å²) in [5.74, 6) is 0.482. The van der Waals surface area contributed by atoms with Gasteiger partial charge >= 0.3 is 0 Å². The fourth-order valence-electron chi connectivity index (χ4n) is 4.01. The molecule has 1 unspecified atom stereocenters. The quantitative estimate of drug-likeness (QED) is 0.763. The molecule has 1 aliphatic heterocycles. The van der Waals surface area contributed by atoms with Crippen molar-refractivity contribution in [2.75, 3.05) is 31.1 Å². The monoisotopic (exact) mass is 401 g/mol. The third-order valence-electron chi connectivity index (χ3n) is 5.74. The summed E-state index contributed by atoms with van der Waals surface area (Å²) in [6, 6.07) is 10.2. The second kappa shape index (κ2) is 8.97. The van der Waals surface area contributed by atoms with Crippen LogP contribution >= 0.6 is 0 Å². The Morgan fingerprint density at radius 1 is 1.10 bits per heavy atom. The average molecular weight is 402 g/mol. The van der Waals surface area contributed by atoms with Crippen molar-refractivity contribution in [3.05, 3.63) is 58.4 Å². The molecule has 30 heavy (non-hydrogen) atoms. The zero-order valence-corrected chi connectivity index (χ0v) is 18.0. The summed E-state index contributed by atoms with van der Waals surface area (Å²) >= 11 is 0. The average Bonchev–Trinajstić information content (AvgIpc) is 2.74. The Morgan fingerprint density at radius 2 is 1.87 bits per heavy atom. The number of nitriles is 2. The molecule has 0 N–H and O–H groups in total. The summed E-state index contributed by atoms with van der Waals surface area (Å²) in [5, 5.41) is 18.7. The molecule has 0 saturated carbocycles. The third kappa shape index (κ3) is 4.44. The lowest BCUT2D eigenvalue weighted by molar-refractivity contribution is -0.131. The fraction of sp³-hybridized carbons (Fsp3) is 0.417. The number of hydrogen-bond acceptors (Lipinski definition) is 5. The minimum absolute atomic E-state index is 0.0481. The number of aromatic nitrogens is 1. The first-order valence-corrected chi connectivity index (χ1v) is 10.3. The van der Waals surface area contributed by atoms with Gasteiger partial charge in [0.1, 0.15) is 12.1 Å². The highest BCUT2D eigenvalue weighted by molar-refractivity contribution is 5.83. The van der Waals surface area contributed by atoms with E-state index in [-0.39, 0.29) is 18.4 Å². The molecule has 1 saturated heterocycles. The van der Waals surface area contributed by atoms with Crippen molar-refractivity contribution in [1.29, 1.82) is 10.5 Å². The Labute approximate surface area is 178 Å². The van der Waals surface area contributed by atoms with Crippen LogP contribution in [0.4, 0.5) is 5.69 Å². The molecule has 154 valence electrons. The van der Waals surface area contributed by atoms with Crippen molar-refractivity contribution in [3.8, 4) is 12.1 Å². The van der Waals surface area contributed by atoms with Crippen molar-refractivity contribution in [2.45, 2.75) is 39.5 Å². The van der Waals surface area contributed by atoms with Crippen LogP contribution in [0.25, 0.3) is 0 Å². The number of carbonyl (C=O) groups excluding carboxylic acids is 1. The summed E-state index contributed by atoms with van der Waals surface area (Å²) in [5.41, 5.74) is 5.26. The summed E-state index contributed by atoms with van der Waals surface area (Å²) in [6.45, 7) is 10.5. The number of piperazine rings is 1. The van der Waals surface area contributed by atoms with Gasteiger partial charge in [-0.05, 0) is 47.7 Å². The Kier molecular flexibility index (Phi) is 6.37. The van der Waals surface area contributed by atoms with Crippen LogP contribution in [0, 0.1) is 29.6 Å². The van der Waals surface area contributed by atoms with Crippen LogP contribution in [0.5, 0.6) is 0 Å². The third-order valence-corrected chi connectivity index (χ3v) is 5.74. The molecule has 1 aliphatic rings. The van der Waals surface area contributed by atoms with Gasteiger partial charge in [-0.25, -0.2) is 0 Å². The molecule has 3 rings (SSSR count). The lowest BCUT2D eigenvalue weighted by Gasteiger charge is -2.37. The number of nitrogens with zero attached hydrogens (tertiary/aromatic N) is 5. The molecular weight excluding hydrogens is 374 g/mol. The van der Waals surface area contributed by atoms with Gasteiger partial charge in [-0.1, -0.05) is 20.8 Å². The minimum atomic E-state index is 0.0481. The van der Waals surface area contributed by atoms with Crippen molar-refractivity contribution in [2.24, 2.45) is 0 Å². The lowest BCUT2D eigenvalue weighted by atomic mass is 9.94. The Morgan fingerprint density at radius 3 is 2.50 bits per heavy atom. The normalized spacial score (nSPS) is 15.1. The molecule has 1 atom stereocenters. The van der Waals surface area contributed by atoms with Crippen molar-refractivity contribution in [3.63, 3.8) is 0 Å². The van der Waals surface area contributed by atoms with Gasteiger partial charge in [0.05, 0.1) is 23.4 Å². The molecule has 1 aromatic heterocycles. The smallest absolute Gasteiger partial charge is 0.242 e. The van der Waals surface area contributed by atoms with Crippen molar-refractivity contribution < 1.29 is 4.79 Å². The Balaban J connectivity index is 1.73. The maximum atomic E-state index is 12.9. The van der Waals surface area contributed by atoms with Gasteiger partial charge in [0.25, 0.3) is 0 Å². The molecule has 1 amide bonds. The summed E-state index contributed by atoms with van der Waals surface area (Å²) < 4.78 is 0. The maximum Gasteiger partial charge on any atom is 0.242 e. The lowest BCUT2D eigenvalue weighted by Crippen LogP contribution is -2.51. The van der Waals surface area contributed by atoms with E-state index in [1.54, 1.807) is 12.4 Å². The molecule has 1 fully saturated rings. The van der Waals surface area contributed by atoms with E-state index >= 15 is 0 Å². The van der Waals surface area contributed by atoms with E-state index in [4.69, 9.17) is 5.26 Å². The number of aryl methyl sites for hydroxylation is 1. The number of carbonyl (C=O) groups is 1. The van der Waals surface area contributed by atoms with Crippen molar-refractivity contribution >= 4 is 11.6 Å². The van der Waals surface area contributed by atoms with Gasteiger partial charge in [-0.15, -0.1) is 0 Å². The van der Waals surface area contributed by atoms with Crippen LogP contribution in [0.3, 0.4) is 0 Å². The molecule has 2 heterocycles. The van der Waals surface area contributed by atoms with E-state index in [1.165, 1.54) is 5.56 Å². The van der Waals surface area contributed by atoms with Crippen LogP contribution in [0.2, 0.25) is 0 Å². The molecule has 0 spiro atoms. The van der Waals surface area contributed by atoms with E-state index in [0.29, 0.717) is 36.7 Å². The predicted octanol–water partition coefficient (Wildman–Crippen LogP) is 3.71. The van der Waals surface area contributed by atoms with Crippen LogP contribution in [0.15, 0.2) is 30.6 Å². The number of hydrogen-bond donors (Lipinski definition) is 0. The SMILES string of the molecule is Cc1cc(N2CCN(CC(C)c3cncc(C#N)c3)C(=O)C2)c(C#N)cc1C(C)C. The summed E-state index contributed by atoms with van der Waals surface area (Å²) in [4.78, 5) is 20.9. The first kappa shape index (κ1) is 21.3. The van der Waals surface area contributed by atoms with Crippen molar-refractivity contribution in [1.82, 2.24) is 9.88 Å². The second-order valence-electron chi connectivity index (χ2n) is 8.27. The maximum absolute atomic E-state index is 12.9. The molecule has 0 bridgehead atoms. The van der Waals surface area contributed by atoms with Crippen LogP contribution in [-0.2, 0) is 4.79 Å². The number of anilines is 1. The molecule has 1 aromatic carbocycles. The van der Waals surface area contributed by atoms with E-state index in [2.05, 4.69) is 37.9 Å². The number of rotatable bonds is 5. The number of amides is 1. The molecule has 0 aliphatic carbocycles. The fourth-order valence-corrected chi connectivity index (χ4v) is 4.01. The molecule has 6 nitrogen and oxygen atoms in total. The van der Waals surface area contributed by atoms with Gasteiger partial charge in [0.2, 0.25) is 5.91 Å². The van der Waals surface area contributed by atoms with Gasteiger partial charge < -0.3 is 9.80 Å². The highest BCUT2D eigenvalue weighted by Crippen LogP contribution is 2.30. The highest BCUT2D eigenvalue weighted by atomic mass is 16.2. The number of benzene rings is 1. The zero-order valence-electron chi connectivity index (χ0n) is 18.0. The van der Waals surface area contributed by atoms with Crippen LogP contribution < -0.4 is 4.90 Å². The molecule has 2 aromatic rings. The summed E-state index contributed by atoms with van der Waals surface area (Å²) in [6.07, 6.45) is 3.30. The standard InChI is InChI=1S/C24H27N5O/c1-16(2)22-9-20(11-26)23(7-17(22)3)28-5-6-29(24(30)15-28)14-18(4)21-8-19(10-25)12-27-13-21/h7-9,12-13,16,18H,5-6,14-15H2,1-4H3. The first-order valence-electron chi connectivity index (χ1n) is 10.3. The van der Waals surface area contributed by atoms with Gasteiger partial charge in [0, 0.05) is 37.9 Å². The molecule has 6 heteroatoms. The first-order chi connectivity index (χ1) is 14.3. The van der Waals surface area contributed by atoms with E-state index < -0.39 is 0 Å². The minimum Gasteiger partial charge on any atom is -0.359 e. The van der Waals surface area contributed by atoms with E-state index in [1.807, 2.05) is 34.9 Å². The molecular formula is C24H27N5O. The molecule has 0 radical (unpaired) electrons. The van der Waals surface area contributed by atoms with Gasteiger partial charge in [-0.3, -0.25) is 9.78 Å². The van der Waals surface area contributed by atoms with E-state index in [9.17, 15) is 10.1 Å². The van der Waals surface area contributed by atoms with Crippen LogP contribution in [0.1, 0.15) is 60.4 Å².